The van der Waals surface area contributed by atoms with Gasteiger partial charge >= 0.3 is 0 Å². The first-order valence-corrected chi connectivity index (χ1v) is 7.42. The van der Waals surface area contributed by atoms with Gasteiger partial charge in [0.2, 0.25) is 5.91 Å². The summed E-state index contributed by atoms with van der Waals surface area (Å²) in [4.78, 5) is 18.3. The van der Waals surface area contributed by atoms with Crippen LogP contribution in [0.2, 0.25) is 0 Å². The Balaban J connectivity index is 1.83. The molecule has 1 amide bonds. The van der Waals surface area contributed by atoms with Gasteiger partial charge in [-0.1, -0.05) is 60.3 Å². The Morgan fingerprint density at radius 1 is 1.00 bits per heavy atom. The van der Waals surface area contributed by atoms with Gasteiger partial charge in [-0.05, 0) is 17.7 Å². The fourth-order valence-electron chi connectivity index (χ4n) is 2.05. The van der Waals surface area contributed by atoms with E-state index < -0.39 is 0 Å². The van der Waals surface area contributed by atoms with Crippen molar-refractivity contribution in [3.05, 3.63) is 66.2 Å². The van der Waals surface area contributed by atoms with E-state index in [2.05, 4.69) is 4.99 Å². The first-order chi connectivity index (χ1) is 9.84. The van der Waals surface area contributed by atoms with Crippen molar-refractivity contribution < 1.29 is 4.79 Å². The van der Waals surface area contributed by atoms with Crippen LogP contribution < -0.4 is 4.90 Å². The minimum atomic E-state index is 0.0908. The molecule has 0 aliphatic carbocycles. The normalized spacial score (nSPS) is 16.9. The number of hydrogen-bond acceptors (Lipinski definition) is 3. The highest BCUT2D eigenvalue weighted by Gasteiger charge is 2.29. The Labute approximate surface area is 122 Å². The number of amides is 1. The minimum Gasteiger partial charge on any atom is -0.273 e. The van der Waals surface area contributed by atoms with Crippen LogP contribution in [0.1, 0.15) is 5.56 Å². The van der Waals surface area contributed by atoms with Crippen LogP contribution in [-0.4, -0.2) is 16.8 Å². The quantitative estimate of drug-likeness (QED) is 0.865. The average molecular weight is 282 g/mol. The third-order valence-corrected chi connectivity index (χ3v) is 3.98. The molecular formula is C16H14N2OS. The van der Waals surface area contributed by atoms with Crippen molar-refractivity contribution in [3.8, 4) is 0 Å². The Morgan fingerprint density at radius 3 is 2.35 bits per heavy atom. The highest BCUT2D eigenvalue weighted by atomic mass is 32.2. The number of para-hydroxylation sites is 1. The molecule has 0 bridgehead atoms. The zero-order valence-electron chi connectivity index (χ0n) is 10.9. The van der Waals surface area contributed by atoms with Crippen molar-refractivity contribution in [3.63, 3.8) is 0 Å². The van der Waals surface area contributed by atoms with Crippen molar-refractivity contribution >= 4 is 28.5 Å². The Hall–Kier alpha value is -2.07. The predicted molar refractivity (Wildman–Crippen MR) is 84.0 cm³/mol. The van der Waals surface area contributed by atoms with Crippen molar-refractivity contribution in [1.82, 2.24) is 0 Å². The largest absolute Gasteiger partial charge is 0.273 e. The molecule has 100 valence electrons. The molecule has 4 heteroatoms. The number of thioether (sulfide) groups is 1. The number of nitrogens with zero attached hydrogens (tertiary/aromatic N) is 2. The molecule has 2 aromatic rings. The van der Waals surface area contributed by atoms with Crippen LogP contribution in [0.4, 0.5) is 5.69 Å². The van der Waals surface area contributed by atoms with Gasteiger partial charge in [-0.15, -0.1) is 0 Å². The van der Waals surface area contributed by atoms with Gasteiger partial charge in [0.05, 0.1) is 18.0 Å². The number of hydrogen-bond donors (Lipinski definition) is 0. The third kappa shape index (κ3) is 2.75. The fraction of sp³-hybridized carbons (Fsp3) is 0.125. The summed E-state index contributed by atoms with van der Waals surface area (Å²) in [6.45, 7) is 0.597. The molecule has 0 aromatic heterocycles. The molecule has 0 atom stereocenters. The minimum absolute atomic E-state index is 0.0908. The SMILES string of the molecule is O=C1CSC(=NCc2ccccc2)N1c1ccccc1. The highest BCUT2D eigenvalue weighted by Crippen LogP contribution is 2.26. The number of rotatable bonds is 3. The summed E-state index contributed by atoms with van der Waals surface area (Å²) in [5.41, 5.74) is 2.03. The van der Waals surface area contributed by atoms with Crippen LogP contribution in [0.15, 0.2) is 65.7 Å². The van der Waals surface area contributed by atoms with Crippen LogP contribution in [0.3, 0.4) is 0 Å². The lowest BCUT2D eigenvalue weighted by molar-refractivity contribution is -0.115. The zero-order valence-corrected chi connectivity index (χ0v) is 11.7. The van der Waals surface area contributed by atoms with Gasteiger partial charge in [-0.3, -0.25) is 14.7 Å². The number of amidine groups is 1. The van der Waals surface area contributed by atoms with E-state index >= 15 is 0 Å². The maximum atomic E-state index is 12.0. The molecular weight excluding hydrogens is 268 g/mol. The summed E-state index contributed by atoms with van der Waals surface area (Å²) in [5, 5.41) is 0.782. The molecule has 1 saturated heterocycles. The molecule has 0 radical (unpaired) electrons. The highest BCUT2D eigenvalue weighted by molar-refractivity contribution is 8.15. The van der Waals surface area contributed by atoms with Gasteiger partial charge in [0.25, 0.3) is 0 Å². The molecule has 0 saturated carbocycles. The van der Waals surface area contributed by atoms with E-state index in [1.54, 1.807) is 4.90 Å². The zero-order chi connectivity index (χ0) is 13.8. The van der Waals surface area contributed by atoms with Gasteiger partial charge in [-0.25, -0.2) is 0 Å². The number of anilines is 1. The molecule has 20 heavy (non-hydrogen) atoms. The molecule has 0 unspecified atom stereocenters. The Kier molecular flexibility index (Phi) is 3.83. The molecule has 2 aromatic carbocycles. The second-order valence-electron chi connectivity index (χ2n) is 4.44. The van der Waals surface area contributed by atoms with E-state index in [0.29, 0.717) is 12.3 Å². The average Bonchev–Trinajstić information content (AvgIpc) is 2.88. The second-order valence-corrected chi connectivity index (χ2v) is 5.38. The maximum absolute atomic E-state index is 12.0. The number of carbonyl (C=O) groups excluding carboxylic acids is 1. The third-order valence-electron chi connectivity index (χ3n) is 3.02. The Morgan fingerprint density at radius 2 is 1.65 bits per heavy atom. The van der Waals surface area contributed by atoms with Gasteiger partial charge in [-0.2, -0.15) is 0 Å². The molecule has 1 aliphatic rings. The summed E-state index contributed by atoms with van der Waals surface area (Å²) in [6, 6.07) is 19.7. The first kappa shape index (κ1) is 12.9. The van der Waals surface area contributed by atoms with E-state index in [9.17, 15) is 4.79 Å². The molecule has 0 spiro atoms. The topological polar surface area (TPSA) is 32.7 Å². The maximum Gasteiger partial charge on any atom is 0.243 e. The van der Waals surface area contributed by atoms with Crippen LogP contribution in [-0.2, 0) is 11.3 Å². The lowest BCUT2D eigenvalue weighted by atomic mass is 10.2. The summed E-state index contributed by atoms with van der Waals surface area (Å²) in [7, 11) is 0. The smallest absolute Gasteiger partial charge is 0.243 e. The fourth-order valence-corrected chi connectivity index (χ4v) is 2.93. The molecule has 0 N–H and O–H groups in total. The van der Waals surface area contributed by atoms with Crippen LogP contribution >= 0.6 is 11.8 Å². The van der Waals surface area contributed by atoms with Gasteiger partial charge in [0.15, 0.2) is 5.17 Å². The summed E-state index contributed by atoms with van der Waals surface area (Å²) < 4.78 is 0. The van der Waals surface area contributed by atoms with Crippen molar-refractivity contribution in [1.29, 1.82) is 0 Å². The molecule has 3 rings (SSSR count). The summed E-state index contributed by atoms with van der Waals surface area (Å²) in [6.07, 6.45) is 0. The molecule has 3 nitrogen and oxygen atoms in total. The van der Waals surface area contributed by atoms with Crippen LogP contribution in [0, 0.1) is 0 Å². The number of carbonyl (C=O) groups is 1. The Bertz CT molecular complexity index is 625. The molecule has 1 aliphatic heterocycles. The van der Waals surface area contributed by atoms with E-state index in [-0.39, 0.29) is 5.91 Å². The predicted octanol–water partition coefficient (Wildman–Crippen LogP) is 3.32. The molecule has 1 fully saturated rings. The monoisotopic (exact) mass is 282 g/mol. The van der Waals surface area contributed by atoms with Crippen molar-refractivity contribution in [2.75, 3.05) is 10.7 Å². The van der Waals surface area contributed by atoms with Crippen molar-refractivity contribution in [2.24, 2.45) is 4.99 Å². The lowest BCUT2D eigenvalue weighted by Gasteiger charge is -2.15. The standard InChI is InChI=1S/C16H14N2OS/c19-15-12-20-16(17-11-13-7-3-1-4-8-13)18(15)14-9-5-2-6-10-14/h1-10H,11-12H2. The summed E-state index contributed by atoms with van der Waals surface area (Å²) >= 11 is 1.50. The second kappa shape index (κ2) is 5.92. The van der Waals surface area contributed by atoms with Crippen LogP contribution in [0.25, 0.3) is 0 Å². The van der Waals surface area contributed by atoms with Gasteiger partial charge < -0.3 is 0 Å². The molecule has 1 heterocycles. The van der Waals surface area contributed by atoms with E-state index in [1.807, 2.05) is 60.7 Å². The van der Waals surface area contributed by atoms with Crippen LogP contribution in [0.5, 0.6) is 0 Å². The van der Waals surface area contributed by atoms with E-state index in [1.165, 1.54) is 11.8 Å². The lowest BCUT2D eigenvalue weighted by Crippen LogP contribution is -2.29. The van der Waals surface area contributed by atoms with Gasteiger partial charge in [0.1, 0.15) is 0 Å². The number of aliphatic imine (C=N–C) groups is 1. The van der Waals surface area contributed by atoms with Crippen molar-refractivity contribution in [2.45, 2.75) is 6.54 Å². The first-order valence-electron chi connectivity index (χ1n) is 6.44. The number of benzene rings is 2. The van der Waals surface area contributed by atoms with E-state index in [4.69, 9.17) is 0 Å². The summed E-state index contributed by atoms with van der Waals surface area (Å²) in [5.74, 6) is 0.552. The van der Waals surface area contributed by atoms with Gasteiger partial charge in [0, 0.05) is 0 Å². The van der Waals surface area contributed by atoms with E-state index in [0.717, 1.165) is 16.4 Å².